The first-order valence-corrected chi connectivity index (χ1v) is 5.34. The number of fused-ring (bicyclic) bond motifs is 1. The van der Waals surface area contributed by atoms with E-state index >= 15 is 0 Å². The molecule has 3 heteroatoms. The lowest BCUT2D eigenvalue weighted by molar-refractivity contribution is 0.0891. The van der Waals surface area contributed by atoms with Crippen molar-refractivity contribution in [3.8, 4) is 5.75 Å². The highest BCUT2D eigenvalue weighted by Gasteiger charge is 2.34. The minimum Gasteiger partial charge on any atom is -0.508 e. The van der Waals surface area contributed by atoms with Crippen LogP contribution in [-0.4, -0.2) is 28.4 Å². The van der Waals surface area contributed by atoms with Gasteiger partial charge in [0, 0.05) is 23.7 Å². The van der Waals surface area contributed by atoms with Crippen LogP contribution in [0.1, 0.15) is 28.8 Å². The van der Waals surface area contributed by atoms with Crippen molar-refractivity contribution < 1.29 is 9.90 Å². The third-order valence-electron chi connectivity index (χ3n) is 3.22. The van der Waals surface area contributed by atoms with Crippen LogP contribution in [0.2, 0.25) is 0 Å². The lowest BCUT2D eigenvalue weighted by Gasteiger charge is -2.27. The predicted octanol–water partition coefficient (Wildman–Crippen LogP) is 1.55. The van der Waals surface area contributed by atoms with E-state index in [4.69, 9.17) is 0 Å². The molecule has 1 N–H and O–H groups in total. The molecule has 1 aliphatic carbocycles. The first kappa shape index (κ1) is 8.92. The molecule has 3 nitrogen and oxygen atoms in total. The van der Waals surface area contributed by atoms with E-state index in [0.717, 1.165) is 12.1 Å². The Bertz CT molecular complexity index is 424. The van der Waals surface area contributed by atoms with Gasteiger partial charge >= 0.3 is 0 Å². The Labute approximate surface area is 88.3 Å². The highest BCUT2D eigenvalue weighted by Crippen LogP contribution is 2.34. The molecule has 0 aromatic heterocycles. The Balaban J connectivity index is 2.01. The second kappa shape index (κ2) is 3.07. The third-order valence-corrected chi connectivity index (χ3v) is 3.22. The molecule has 1 aromatic rings. The first-order valence-electron chi connectivity index (χ1n) is 5.34. The van der Waals surface area contributed by atoms with E-state index in [2.05, 4.69) is 4.90 Å². The lowest BCUT2D eigenvalue weighted by Crippen LogP contribution is -2.36. The maximum absolute atomic E-state index is 11.8. The summed E-state index contributed by atoms with van der Waals surface area (Å²) in [5, 5.41) is 9.72. The van der Waals surface area contributed by atoms with Gasteiger partial charge in [-0.05, 0) is 18.9 Å². The molecular formula is C12H13NO2. The molecule has 0 atom stereocenters. The SMILES string of the molecule is O=C1CN(C2CC2)Cc2c(O)cccc21. The minimum absolute atomic E-state index is 0.138. The van der Waals surface area contributed by atoms with Crippen molar-refractivity contribution in [2.45, 2.75) is 25.4 Å². The maximum Gasteiger partial charge on any atom is 0.177 e. The van der Waals surface area contributed by atoms with Gasteiger partial charge in [-0.15, -0.1) is 0 Å². The summed E-state index contributed by atoms with van der Waals surface area (Å²) in [5.41, 5.74) is 1.51. The summed E-state index contributed by atoms with van der Waals surface area (Å²) < 4.78 is 0. The zero-order chi connectivity index (χ0) is 10.4. The van der Waals surface area contributed by atoms with Crippen molar-refractivity contribution in [1.82, 2.24) is 4.90 Å². The summed E-state index contributed by atoms with van der Waals surface area (Å²) in [6, 6.07) is 5.77. The molecule has 1 aromatic carbocycles. The van der Waals surface area contributed by atoms with Gasteiger partial charge in [-0.2, -0.15) is 0 Å². The van der Waals surface area contributed by atoms with Gasteiger partial charge in [0.05, 0.1) is 6.54 Å². The number of phenolic OH excluding ortho intramolecular Hbond substituents is 1. The van der Waals surface area contributed by atoms with Crippen molar-refractivity contribution in [3.05, 3.63) is 29.3 Å². The Morgan fingerprint density at radius 1 is 1.27 bits per heavy atom. The number of carbonyl (C=O) groups is 1. The predicted molar refractivity (Wildman–Crippen MR) is 55.9 cm³/mol. The number of Topliss-reactive ketones (excluding diaryl/α,β-unsaturated/α-hetero) is 1. The van der Waals surface area contributed by atoms with Gasteiger partial charge in [0.25, 0.3) is 0 Å². The zero-order valence-electron chi connectivity index (χ0n) is 8.44. The number of hydrogen-bond acceptors (Lipinski definition) is 3. The Morgan fingerprint density at radius 3 is 2.80 bits per heavy atom. The summed E-state index contributed by atoms with van der Waals surface area (Å²) in [6.07, 6.45) is 2.38. The monoisotopic (exact) mass is 203 g/mol. The molecule has 0 unspecified atom stereocenters. The first-order chi connectivity index (χ1) is 7.25. The van der Waals surface area contributed by atoms with Crippen LogP contribution in [0.5, 0.6) is 5.75 Å². The Kier molecular flexibility index (Phi) is 1.83. The van der Waals surface area contributed by atoms with Crippen molar-refractivity contribution in [2.75, 3.05) is 6.54 Å². The van der Waals surface area contributed by atoms with Crippen LogP contribution in [0.3, 0.4) is 0 Å². The number of carbonyl (C=O) groups excluding carboxylic acids is 1. The van der Waals surface area contributed by atoms with E-state index in [1.165, 1.54) is 12.8 Å². The molecule has 3 rings (SSSR count). The molecule has 0 spiro atoms. The molecule has 1 heterocycles. The van der Waals surface area contributed by atoms with Crippen molar-refractivity contribution in [2.24, 2.45) is 0 Å². The molecule has 2 aliphatic rings. The fourth-order valence-electron chi connectivity index (χ4n) is 2.23. The molecule has 0 radical (unpaired) electrons. The van der Waals surface area contributed by atoms with Gasteiger partial charge in [-0.3, -0.25) is 9.69 Å². The fraction of sp³-hybridized carbons (Fsp3) is 0.417. The van der Waals surface area contributed by atoms with Crippen LogP contribution in [0.25, 0.3) is 0 Å². The minimum atomic E-state index is 0.138. The number of benzene rings is 1. The van der Waals surface area contributed by atoms with Gasteiger partial charge in [0.2, 0.25) is 0 Å². The average Bonchev–Trinajstić information content (AvgIpc) is 3.02. The maximum atomic E-state index is 11.8. The van der Waals surface area contributed by atoms with Crippen LogP contribution < -0.4 is 0 Å². The Morgan fingerprint density at radius 2 is 2.07 bits per heavy atom. The summed E-state index contributed by atoms with van der Waals surface area (Å²) in [7, 11) is 0. The number of rotatable bonds is 1. The summed E-state index contributed by atoms with van der Waals surface area (Å²) in [6.45, 7) is 1.24. The Hall–Kier alpha value is -1.35. The summed E-state index contributed by atoms with van der Waals surface area (Å²) in [4.78, 5) is 14.0. The van der Waals surface area contributed by atoms with Gasteiger partial charge in [0.1, 0.15) is 5.75 Å². The van der Waals surface area contributed by atoms with E-state index in [1.807, 2.05) is 6.07 Å². The number of phenols is 1. The van der Waals surface area contributed by atoms with Crippen LogP contribution in [0, 0.1) is 0 Å². The molecule has 1 aliphatic heterocycles. The highest BCUT2D eigenvalue weighted by molar-refractivity contribution is 6.00. The van der Waals surface area contributed by atoms with Gasteiger partial charge in [-0.25, -0.2) is 0 Å². The number of hydrogen-bond donors (Lipinski definition) is 1. The van der Waals surface area contributed by atoms with E-state index in [9.17, 15) is 9.90 Å². The van der Waals surface area contributed by atoms with E-state index in [0.29, 0.717) is 18.2 Å². The van der Waals surface area contributed by atoms with Crippen molar-refractivity contribution in [1.29, 1.82) is 0 Å². The fourth-order valence-corrected chi connectivity index (χ4v) is 2.23. The summed E-state index contributed by atoms with van der Waals surface area (Å²) in [5.74, 6) is 0.394. The standard InChI is InChI=1S/C12H13NO2/c14-11-3-1-2-9-10(11)6-13(7-12(9)15)8-4-5-8/h1-3,8,14H,4-7H2. The quantitative estimate of drug-likeness (QED) is 0.752. The van der Waals surface area contributed by atoms with Gasteiger partial charge in [-0.1, -0.05) is 12.1 Å². The third kappa shape index (κ3) is 1.43. The van der Waals surface area contributed by atoms with Crippen LogP contribution in [0.4, 0.5) is 0 Å². The number of nitrogens with zero attached hydrogens (tertiary/aromatic N) is 1. The van der Waals surface area contributed by atoms with E-state index < -0.39 is 0 Å². The number of ketones is 1. The molecular weight excluding hydrogens is 190 g/mol. The number of aromatic hydroxyl groups is 1. The van der Waals surface area contributed by atoms with Crippen LogP contribution in [-0.2, 0) is 6.54 Å². The summed E-state index contributed by atoms with van der Waals surface area (Å²) >= 11 is 0. The smallest absolute Gasteiger partial charge is 0.177 e. The van der Waals surface area contributed by atoms with Crippen molar-refractivity contribution in [3.63, 3.8) is 0 Å². The van der Waals surface area contributed by atoms with Gasteiger partial charge < -0.3 is 5.11 Å². The molecule has 15 heavy (non-hydrogen) atoms. The average molecular weight is 203 g/mol. The van der Waals surface area contributed by atoms with E-state index in [-0.39, 0.29) is 11.5 Å². The lowest BCUT2D eigenvalue weighted by atomic mass is 9.98. The van der Waals surface area contributed by atoms with Crippen LogP contribution in [0.15, 0.2) is 18.2 Å². The molecule has 1 saturated carbocycles. The molecule has 0 amide bonds. The normalized spacial score (nSPS) is 21.5. The molecule has 1 fully saturated rings. The molecule has 0 bridgehead atoms. The molecule has 78 valence electrons. The second-order valence-electron chi connectivity index (χ2n) is 4.36. The zero-order valence-corrected chi connectivity index (χ0v) is 8.44. The van der Waals surface area contributed by atoms with E-state index in [1.54, 1.807) is 12.1 Å². The van der Waals surface area contributed by atoms with Gasteiger partial charge in [0.15, 0.2) is 5.78 Å². The second-order valence-corrected chi connectivity index (χ2v) is 4.36. The van der Waals surface area contributed by atoms with Crippen molar-refractivity contribution >= 4 is 5.78 Å². The molecule has 0 saturated heterocycles. The largest absolute Gasteiger partial charge is 0.508 e. The highest BCUT2D eigenvalue weighted by atomic mass is 16.3. The van der Waals surface area contributed by atoms with Crippen LogP contribution >= 0.6 is 0 Å². The topological polar surface area (TPSA) is 40.5 Å².